The molecule has 0 spiro atoms. The van der Waals surface area contributed by atoms with Crippen LogP contribution in [0, 0.1) is 32.6 Å². The van der Waals surface area contributed by atoms with Gasteiger partial charge in [-0.3, -0.25) is 0 Å². The molecule has 5 heteroatoms. The maximum Gasteiger partial charge on any atom is 0.321 e. The van der Waals surface area contributed by atoms with Crippen molar-refractivity contribution < 1.29 is 18.9 Å². The lowest BCUT2D eigenvalue weighted by atomic mass is 9.76. The van der Waals surface area contributed by atoms with Gasteiger partial charge >= 0.3 is 8.05 Å². The minimum atomic E-state index is 0.181. The fraction of sp³-hybridized carbons (Fsp3) is 0.607. The maximum absolute atomic E-state index is 10.2. The summed E-state index contributed by atoms with van der Waals surface area (Å²) in [5.74, 6) is 2.35. The predicted molar refractivity (Wildman–Crippen MR) is 139 cm³/mol. The van der Waals surface area contributed by atoms with Crippen molar-refractivity contribution in [3.05, 3.63) is 52.3 Å². The van der Waals surface area contributed by atoms with Crippen LogP contribution < -0.4 is 0 Å². The summed E-state index contributed by atoms with van der Waals surface area (Å²) in [6.07, 6.45) is 8.78. The number of ether oxygens (including phenoxy) is 2. The second-order valence-corrected chi connectivity index (χ2v) is 9.56. The summed E-state index contributed by atoms with van der Waals surface area (Å²) in [5, 5.41) is 0. The number of aldehydes is 1. The van der Waals surface area contributed by atoms with E-state index in [-0.39, 0.29) is 6.61 Å². The molecule has 1 aromatic carbocycles. The lowest BCUT2D eigenvalue weighted by Crippen LogP contribution is -2.19. The molecular formula is C28H43BO4. The quantitative estimate of drug-likeness (QED) is 0.119. The Bertz CT molecular complexity index is 783. The van der Waals surface area contributed by atoms with E-state index in [1.807, 2.05) is 8.05 Å². The molecule has 1 fully saturated rings. The summed E-state index contributed by atoms with van der Waals surface area (Å²) in [7, 11) is 1.82. The number of hydrogen-bond acceptors (Lipinski definition) is 4. The van der Waals surface area contributed by atoms with Gasteiger partial charge in [-0.05, 0) is 101 Å². The van der Waals surface area contributed by atoms with Crippen molar-refractivity contribution in [2.45, 2.75) is 72.6 Å². The Kier molecular flexibility index (Phi) is 12.0. The van der Waals surface area contributed by atoms with Gasteiger partial charge in [0.25, 0.3) is 0 Å². The first-order chi connectivity index (χ1) is 15.9. The molecule has 1 aliphatic rings. The number of carbonyl (C=O) groups excluding carboxylic acids is 1. The summed E-state index contributed by atoms with van der Waals surface area (Å²) >= 11 is 0. The van der Waals surface area contributed by atoms with Gasteiger partial charge in [0.05, 0.1) is 5.76 Å². The zero-order valence-corrected chi connectivity index (χ0v) is 21.5. The van der Waals surface area contributed by atoms with Crippen LogP contribution in [0.15, 0.2) is 30.0 Å². The third kappa shape index (κ3) is 8.46. The van der Waals surface area contributed by atoms with Crippen molar-refractivity contribution in [3.63, 3.8) is 0 Å². The highest BCUT2D eigenvalue weighted by atomic mass is 16.5. The van der Waals surface area contributed by atoms with Gasteiger partial charge in [0.1, 0.15) is 12.9 Å². The van der Waals surface area contributed by atoms with Gasteiger partial charge < -0.3 is 18.9 Å². The van der Waals surface area contributed by atoms with Gasteiger partial charge in [0.15, 0.2) is 0 Å². The molecule has 2 rings (SSSR count). The van der Waals surface area contributed by atoms with Gasteiger partial charge in [-0.2, -0.15) is 0 Å². The molecule has 0 N–H and O–H groups in total. The average Bonchev–Trinajstić information content (AvgIpc) is 2.77. The molecule has 0 aliphatic heterocycles. The number of rotatable bonds is 14. The Morgan fingerprint density at radius 3 is 2.21 bits per heavy atom. The van der Waals surface area contributed by atoms with E-state index in [1.165, 1.54) is 59.9 Å². The monoisotopic (exact) mass is 454 g/mol. The summed E-state index contributed by atoms with van der Waals surface area (Å²) in [6, 6.07) is 4.52. The summed E-state index contributed by atoms with van der Waals surface area (Å²) in [5.41, 5.74) is 7.47. The molecule has 0 radical (unpaired) electrons. The van der Waals surface area contributed by atoms with Crippen molar-refractivity contribution in [1.29, 1.82) is 0 Å². The number of aryl methyl sites for hydroxylation is 3. The third-order valence-electron chi connectivity index (χ3n) is 6.70. The lowest BCUT2D eigenvalue weighted by Gasteiger charge is -2.32. The van der Waals surface area contributed by atoms with Crippen LogP contribution in [0.2, 0.25) is 0 Å². The van der Waals surface area contributed by atoms with Crippen molar-refractivity contribution in [2.24, 2.45) is 11.8 Å². The van der Waals surface area contributed by atoms with E-state index in [1.54, 1.807) is 0 Å². The van der Waals surface area contributed by atoms with Crippen LogP contribution in [0.3, 0.4) is 0 Å². The van der Waals surface area contributed by atoms with Crippen LogP contribution in [0.4, 0.5) is 0 Å². The summed E-state index contributed by atoms with van der Waals surface area (Å²) in [6.45, 7) is 15.3. The molecule has 0 saturated heterocycles. The van der Waals surface area contributed by atoms with Gasteiger partial charge in [-0.15, -0.1) is 0 Å². The molecule has 0 atom stereocenters. The molecule has 1 saturated carbocycles. The van der Waals surface area contributed by atoms with Gasteiger partial charge in [-0.25, -0.2) is 0 Å². The van der Waals surface area contributed by atoms with E-state index in [4.69, 9.17) is 14.1 Å². The molecule has 1 aliphatic carbocycles. The van der Waals surface area contributed by atoms with E-state index in [0.717, 1.165) is 43.0 Å². The van der Waals surface area contributed by atoms with Gasteiger partial charge in [-0.1, -0.05) is 24.3 Å². The molecule has 0 aromatic heterocycles. The van der Waals surface area contributed by atoms with Crippen LogP contribution in [0.25, 0.3) is 5.57 Å². The molecule has 0 bridgehead atoms. The molecule has 0 amide bonds. The van der Waals surface area contributed by atoms with Crippen molar-refractivity contribution in [1.82, 2.24) is 0 Å². The first kappa shape index (κ1) is 27.4. The number of allylic oxidation sites excluding steroid dienone is 3. The Balaban J connectivity index is 1.90. The highest BCUT2D eigenvalue weighted by Crippen LogP contribution is 2.41. The lowest BCUT2D eigenvalue weighted by molar-refractivity contribution is -0.112. The predicted octanol–water partition coefficient (Wildman–Crippen LogP) is 5.67. The SMILES string of the molecule is BO/C(=C(/C(=C)C)c1c(C)cc(C)cc1C)C1CCC(CCCOCCCOCC=O)CC1. The first-order valence-corrected chi connectivity index (χ1v) is 12.5. The standard InChI is InChI=1S/C28H43BO4/c1-20(2)26(27-22(4)18-21(3)19-23(27)5)28(33-29)25-11-9-24(10-12-25)8-6-14-31-15-7-16-32-17-13-30/h13,18-19,24-25H,1,6-12,14-17,29H2,2-5H3/b28-26-. The van der Waals surface area contributed by atoms with Crippen LogP contribution in [0.1, 0.15) is 74.1 Å². The van der Waals surface area contributed by atoms with Crippen LogP contribution in [0.5, 0.6) is 0 Å². The van der Waals surface area contributed by atoms with Gasteiger partial charge in [0.2, 0.25) is 0 Å². The molecule has 4 nitrogen and oxygen atoms in total. The highest BCUT2D eigenvalue weighted by Gasteiger charge is 2.27. The maximum atomic E-state index is 10.2. The number of hydrogen-bond donors (Lipinski definition) is 0. The number of benzene rings is 1. The number of carbonyl (C=O) groups is 1. The first-order valence-electron chi connectivity index (χ1n) is 12.5. The van der Waals surface area contributed by atoms with E-state index in [2.05, 4.69) is 46.4 Å². The molecule has 182 valence electrons. The molecule has 33 heavy (non-hydrogen) atoms. The molecular weight excluding hydrogens is 411 g/mol. The fourth-order valence-electron chi connectivity index (χ4n) is 5.28. The fourth-order valence-corrected chi connectivity index (χ4v) is 5.28. The Labute approximate surface area is 202 Å². The third-order valence-corrected chi connectivity index (χ3v) is 6.70. The minimum absolute atomic E-state index is 0.181. The second-order valence-electron chi connectivity index (χ2n) is 9.56. The zero-order valence-electron chi connectivity index (χ0n) is 21.5. The Morgan fingerprint density at radius 1 is 1.03 bits per heavy atom. The topological polar surface area (TPSA) is 44.8 Å². The second kappa shape index (κ2) is 14.4. The highest BCUT2D eigenvalue weighted by molar-refractivity contribution is 6.00. The molecule has 0 heterocycles. The van der Waals surface area contributed by atoms with E-state index in [9.17, 15) is 4.79 Å². The molecule has 0 unspecified atom stereocenters. The van der Waals surface area contributed by atoms with Crippen LogP contribution >= 0.6 is 0 Å². The average molecular weight is 454 g/mol. The van der Waals surface area contributed by atoms with Crippen LogP contribution in [-0.2, 0) is 18.9 Å². The summed E-state index contributed by atoms with van der Waals surface area (Å²) in [4.78, 5) is 10.2. The normalized spacial score (nSPS) is 19.2. The largest absolute Gasteiger partial charge is 0.570 e. The van der Waals surface area contributed by atoms with Crippen molar-refractivity contribution in [3.8, 4) is 0 Å². The minimum Gasteiger partial charge on any atom is -0.570 e. The van der Waals surface area contributed by atoms with E-state index in [0.29, 0.717) is 19.1 Å². The molecule has 1 aromatic rings. The zero-order chi connectivity index (χ0) is 24.2. The van der Waals surface area contributed by atoms with Crippen molar-refractivity contribution in [2.75, 3.05) is 26.4 Å². The summed E-state index contributed by atoms with van der Waals surface area (Å²) < 4.78 is 16.9. The smallest absolute Gasteiger partial charge is 0.321 e. The van der Waals surface area contributed by atoms with Gasteiger partial charge in [0, 0.05) is 31.3 Å². The Morgan fingerprint density at radius 2 is 1.64 bits per heavy atom. The van der Waals surface area contributed by atoms with E-state index >= 15 is 0 Å². The van der Waals surface area contributed by atoms with Crippen LogP contribution in [-0.4, -0.2) is 40.8 Å². The Hall–Kier alpha value is -1.85. The van der Waals surface area contributed by atoms with Crippen molar-refractivity contribution >= 4 is 19.9 Å². The van der Waals surface area contributed by atoms with E-state index < -0.39 is 0 Å².